The molecule has 1 aromatic carbocycles. The van der Waals surface area contributed by atoms with Crippen molar-refractivity contribution in [1.82, 2.24) is 19.8 Å². The van der Waals surface area contributed by atoms with Gasteiger partial charge in [-0.2, -0.15) is 0 Å². The highest BCUT2D eigenvalue weighted by molar-refractivity contribution is 5.79. The normalized spacial score (nSPS) is 20.7. The van der Waals surface area contributed by atoms with Gasteiger partial charge in [-0.05, 0) is 32.9 Å². The van der Waals surface area contributed by atoms with Gasteiger partial charge in [-0.25, -0.2) is 4.98 Å². The molecular formula is C20H24N4O2. The maximum absolute atomic E-state index is 12.9. The lowest BCUT2D eigenvalue weighted by atomic mass is 9.95. The fourth-order valence-electron chi connectivity index (χ4n) is 3.99. The lowest BCUT2D eigenvalue weighted by Gasteiger charge is -2.35. The first-order valence-electron chi connectivity index (χ1n) is 9.26. The first-order chi connectivity index (χ1) is 12.6. The number of piperidine rings is 1. The van der Waals surface area contributed by atoms with Crippen molar-refractivity contribution in [1.29, 1.82) is 0 Å². The predicted octanol–water partition coefficient (Wildman–Crippen LogP) is 1.66. The Balaban J connectivity index is 1.58. The van der Waals surface area contributed by atoms with Crippen LogP contribution in [0.25, 0.3) is 11.4 Å². The summed E-state index contributed by atoms with van der Waals surface area (Å²) in [5.74, 6) is 0.831. The van der Waals surface area contributed by atoms with Crippen LogP contribution < -0.4 is 5.56 Å². The number of carbonyl (C=O) groups excluding carboxylic acids is 1. The zero-order valence-corrected chi connectivity index (χ0v) is 15.1. The molecule has 0 spiro atoms. The zero-order chi connectivity index (χ0) is 18.1. The van der Waals surface area contributed by atoms with Gasteiger partial charge in [0.25, 0.3) is 5.56 Å². The van der Waals surface area contributed by atoms with Crippen molar-refractivity contribution in [3.8, 4) is 11.4 Å². The second-order valence-corrected chi connectivity index (χ2v) is 7.32. The van der Waals surface area contributed by atoms with Crippen molar-refractivity contribution in [3.05, 3.63) is 51.9 Å². The number of likely N-dealkylation sites (tertiary alicyclic amines) is 1. The van der Waals surface area contributed by atoms with Gasteiger partial charge in [0, 0.05) is 24.2 Å². The van der Waals surface area contributed by atoms with Crippen molar-refractivity contribution in [3.63, 3.8) is 0 Å². The summed E-state index contributed by atoms with van der Waals surface area (Å²) in [5, 5.41) is 0. The minimum absolute atomic E-state index is 0.0610. The molecule has 136 valence electrons. The number of hydrogen-bond acceptors (Lipinski definition) is 4. The summed E-state index contributed by atoms with van der Waals surface area (Å²) in [6.45, 7) is 2.91. The Morgan fingerprint density at radius 3 is 2.81 bits per heavy atom. The average molecular weight is 352 g/mol. The van der Waals surface area contributed by atoms with E-state index in [0.29, 0.717) is 25.3 Å². The quantitative estimate of drug-likeness (QED) is 0.893. The number of rotatable bonds is 2. The highest BCUT2D eigenvalue weighted by Crippen LogP contribution is 2.23. The number of amides is 1. The molecule has 6 nitrogen and oxygen atoms in total. The minimum Gasteiger partial charge on any atom is -0.336 e. The summed E-state index contributed by atoms with van der Waals surface area (Å²) in [7, 11) is 2.07. The molecule has 1 atom stereocenters. The van der Waals surface area contributed by atoms with E-state index in [1.165, 1.54) is 0 Å². The number of carbonyl (C=O) groups is 1. The smallest absolute Gasteiger partial charge is 0.254 e. The number of fused-ring (bicyclic) bond motifs is 1. The molecule has 2 aliphatic heterocycles. The van der Waals surface area contributed by atoms with E-state index in [0.717, 1.165) is 42.8 Å². The van der Waals surface area contributed by atoms with Crippen LogP contribution in [0.4, 0.5) is 0 Å². The van der Waals surface area contributed by atoms with Gasteiger partial charge < -0.3 is 14.8 Å². The molecule has 1 aromatic heterocycles. The number of benzene rings is 1. The summed E-state index contributed by atoms with van der Waals surface area (Å²) < 4.78 is 0. The second kappa shape index (κ2) is 7.03. The van der Waals surface area contributed by atoms with Gasteiger partial charge in [0.15, 0.2) is 0 Å². The van der Waals surface area contributed by atoms with Gasteiger partial charge >= 0.3 is 0 Å². The standard InChI is InChI=1S/C20H24N4O2/c1-23-10-5-8-15(12-23)20(26)24-11-9-16-17(13-24)21-18(22-19(16)25)14-6-3-2-4-7-14/h2-4,6-7,15H,5,8-13H2,1H3,(H,21,22,25). The van der Waals surface area contributed by atoms with Crippen LogP contribution in [0, 0.1) is 5.92 Å². The number of aromatic amines is 1. The molecule has 2 aliphatic rings. The lowest BCUT2D eigenvalue weighted by Crippen LogP contribution is -2.46. The zero-order valence-electron chi connectivity index (χ0n) is 15.1. The Labute approximate surface area is 152 Å². The molecule has 26 heavy (non-hydrogen) atoms. The topological polar surface area (TPSA) is 69.3 Å². The third-order valence-corrected chi connectivity index (χ3v) is 5.41. The number of hydrogen-bond donors (Lipinski definition) is 1. The molecule has 3 heterocycles. The molecule has 6 heteroatoms. The largest absolute Gasteiger partial charge is 0.336 e. The Morgan fingerprint density at radius 2 is 2.04 bits per heavy atom. The molecule has 2 aromatic rings. The summed E-state index contributed by atoms with van der Waals surface area (Å²) >= 11 is 0. The molecule has 1 saturated heterocycles. The van der Waals surface area contributed by atoms with E-state index < -0.39 is 0 Å². The van der Waals surface area contributed by atoms with Crippen molar-refractivity contribution in [2.24, 2.45) is 5.92 Å². The molecule has 1 unspecified atom stereocenters. The van der Waals surface area contributed by atoms with E-state index in [4.69, 9.17) is 0 Å². The molecule has 0 bridgehead atoms. The van der Waals surface area contributed by atoms with Gasteiger partial charge in [-0.15, -0.1) is 0 Å². The third-order valence-electron chi connectivity index (χ3n) is 5.41. The average Bonchev–Trinajstić information content (AvgIpc) is 2.67. The Morgan fingerprint density at radius 1 is 1.23 bits per heavy atom. The maximum atomic E-state index is 12.9. The van der Waals surface area contributed by atoms with Crippen molar-refractivity contribution < 1.29 is 4.79 Å². The fourth-order valence-corrected chi connectivity index (χ4v) is 3.99. The molecule has 0 saturated carbocycles. The van der Waals surface area contributed by atoms with Gasteiger partial charge in [0.1, 0.15) is 5.82 Å². The highest BCUT2D eigenvalue weighted by Gasteiger charge is 2.31. The SMILES string of the molecule is CN1CCCC(C(=O)N2CCc3c(nc(-c4ccccc4)[nH]c3=O)C2)C1. The van der Waals surface area contributed by atoms with Crippen molar-refractivity contribution in [2.45, 2.75) is 25.8 Å². The lowest BCUT2D eigenvalue weighted by molar-refractivity contribution is -0.138. The number of nitrogens with one attached hydrogen (secondary N) is 1. The van der Waals surface area contributed by atoms with Gasteiger partial charge in [0.2, 0.25) is 5.91 Å². The third kappa shape index (κ3) is 3.29. The van der Waals surface area contributed by atoms with Crippen molar-refractivity contribution >= 4 is 5.91 Å². The Kier molecular flexibility index (Phi) is 4.59. The van der Waals surface area contributed by atoms with Gasteiger partial charge in [0.05, 0.1) is 18.2 Å². The summed E-state index contributed by atoms with van der Waals surface area (Å²) in [5.41, 5.74) is 2.24. The molecule has 1 fully saturated rings. The van der Waals surface area contributed by atoms with Crippen LogP contribution in [0.3, 0.4) is 0 Å². The molecular weight excluding hydrogens is 328 g/mol. The van der Waals surface area contributed by atoms with E-state index in [-0.39, 0.29) is 17.4 Å². The molecule has 1 amide bonds. The number of H-pyrrole nitrogens is 1. The Bertz CT molecular complexity index is 862. The predicted molar refractivity (Wildman–Crippen MR) is 99.6 cm³/mol. The monoisotopic (exact) mass is 352 g/mol. The van der Waals surface area contributed by atoms with Gasteiger partial charge in [-0.3, -0.25) is 9.59 Å². The van der Waals surface area contributed by atoms with Crippen LogP contribution in [0.5, 0.6) is 0 Å². The minimum atomic E-state index is -0.0849. The molecule has 4 rings (SSSR count). The maximum Gasteiger partial charge on any atom is 0.254 e. The summed E-state index contributed by atoms with van der Waals surface area (Å²) in [6, 6.07) is 9.62. The Hall–Kier alpha value is -2.47. The van der Waals surface area contributed by atoms with E-state index in [1.54, 1.807) is 0 Å². The number of nitrogens with zero attached hydrogens (tertiary/aromatic N) is 3. The second-order valence-electron chi connectivity index (χ2n) is 7.32. The van der Waals surface area contributed by atoms with Crippen LogP contribution in [0.1, 0.15) is 24.1 Å². The van der Waals surface area contributed by atoms with E-state index in [2.05, 4.69) is 21.9 Å². The first-order valence-corrected chi connectivity index (χ1v) is 9.26. The van der Waals surface area contributed by atoms with Crippen LogP contribution in [0.15, 0.2) is 35.1 Å². The summed E-state index contributed by atoms with van der Waals surface area (Å²) in [6.07, 6.45) is 2.58. The van der Waals surface area contributed by atoms with E-state index >= 15 is 0 Å². The van der Waals surface area contributed by atoms with E-state index in [9.17, 15) is 9.59 Å². The first kappa shape index (κ1) is 17.0. The van der Waals surface area contributed by atoms with Gasteiger partial charge in [-0.1, -0.05) is 30.3 Å². The van der Waals surface area contributed by atoms with Crippen LogP contribution in [-0.4, -0.2) is 52.4 Å². The molecule has 0 aliphatic carbocycles. The molecule has 0 radical (unpaired) electrons. The summed E-state index contributed by atoms with van der Waals surface area (Å²) in [4.78, 5) is 37.1. The fraction of sp³-hybridized carbons (Fsp3) is 0.450. The molecule has 1 N–H and O–H groups in total. The van der Waals surface area contributed by atoms with Crippen LogP contribution in [-0.2, 0) is 17.8 Å². The number of aromatic nitrogens is 2. The van der Waals surface area contributed by atoms with Crippen LogP contribution in [0.2, 0.25) is 0 Å². The highest BCUT2D eigenvalue weighted by atomic mass is 16.2. The van der Waals surface area contributed by atoms with Crippen molar-refractivity contribution in [2.75, 3.05) is 26.7 Å². The van der Waals surface area contributed by atoms with E-state index in [1.807, 2.05) is 35.2 Å². The van der Waals surface area contributed by atoms with Crippen LogP contribution >= 0.6 is 0 Å².